The maximum absolute atomic E-state index is 12.7. The Kier molecular flexibility index (Phi) is 5.03. The van der Waals surface area contributed by atoms with Crippen LogP contribution in [0, 0.1) is 0 Å². The number of ether oxygens (including phenoxy) is 1. The second-order valence-corrected chi connectivity index (χ2v) is 3.61. The van der Waals surface area contributed by atoms with Gasteiger partial charge in [0.2, 0.25) is 0 Å². The first-order valence-electron chi connectivity index (χ1n) is 5.59. The highest BCUT2D eigenvalue weighted by atomic mass is 19.4. The summed E-state index contributed by atoms with van der Waals surface area (Å²) in [5.41, 5.74) is -1.44. The molecule has 0 spiro atoms. The standard InChI is InChI=1S/C11H15F3N2O2/c1-3-8(18-4-2)10-15-5-7(6-17)9(16-10)11(12,13)14/h5,8,17H,3-4,6H2,1-2H3. The molecule has 1 aromatic rings. The van der Waals surface area contributed by atoms with Crippen molar-refractivity contribution in [2.24, 2.45) is 0 Å². The van der Waals surface area contributed by atoms with Crippen molar-refractivity contribution in [3.63, 3.8) is 0 Å². The maximum Gasteiger partial charge on any atom is 0.433 e. The number of halogens is 3. The highest BCUT2D eigenvalue weighted by molar-refractivity contribution is 5.20. The summed E-state index contributed by atoms with van der Waals surface area (Å²) in [6.07, 6.45) is -3.71. The topological polar surface area (TPSA) is 55.2 Å². The summed E-state index contributed by atoms with van der Waals surface area (Å²) in [5, 5.41) is 8.86. The number of aromatic nitrogens is 2. The molecule has 1 N–H and O–H groups in total. The Morgan fingerprint density at radius 2 is 2.06 bits per heavy atom. The average Bonchev–Trinajstić information content (AvgIpc) is 2.34. The summed E-state index contributed by atoms with van der Waals surface area (Å²) in [7, 11) is 0. The summed E-state index contributed by atoms with van der Waals surface area (Å²) in [6, 6.07) is 0. The van der Waals surface area contributed by atoms with Gasteiger partial charge in [0.15, 0.2) is 11.5 Å². The highest BCUT2D eigenvalue weighted by Gasteiger charge is 2.36. The molecule has 0 saturated heterocycles. The quantitative estimate of drug-likeness (QED) is 0.887. The zero-order valence-corrected chi connectivity index (χ0v) is 10.2. The molecule has 0 aliphatic carbocycles. The van der Waals surface area contributed by atoms with Gasteiger partial charge in [-0.15, -0.1) is 0 Å². The van der Waals surface area contributed by atoms with Gasteiger partial charge < -0.3 is 9.84 Å². The van der Waals surface area contributed by atoms with Crippen LogP contribution >= 0.6 is 0 Å². The van der Waals surface area contributed by atoms with Crippen LogP contribution in [0.3, 0.4) is 0 Å². The number of alkyl halides is 3. The van der Waals surface area contributed by atoms with Crippen molar-refractivity contribution in [3.8, 4) is 0 Å². The molecule has 7 heteroatoms. The summed E-state index contributed by atoms with van der Waals surface area (Å²) in [4.78, 5) is 7.30. The van der Waals surface area contributed by atoms with Gasteiger partial charge in [-0.1, -0.05) is 6.92 Å². The first-order chi connectivity index (χ1) is 8.43. The van der Waals surface area contributed by atoms with Crippen LogP contribution in [0.15, 0.2) is 6.20 Å². The molecule has 0 radical (unpaired) electrons. The van der Waals surface area contributed by atoms with Crippen molar-refractivity contribution in [3.05, 3.63) is 23.3 Å². The SMILES string of the molecule is CCOC(CC)c1ncc(CO)c(C(F)(F)F)n1. The fraction of sp³-hybridized carbons (Fsp3) is 0.636. The van der Waals surface area contributed by atoms with Crippen LogP contribution in [-0.2, 0) is 17.5 Å². The number of aliphatic hydroxyl groups is 1. The van der Waals surface area contributed by atoms with Crippen LogP contribution in [0.4, 0.5) is 13.2 Å². The average molecular weight is 264 g/mol. The molecule has 1 aromatic heterocycles. The molecule has 18 heavy (non-hydrogen) atoms. The van der Waals surface area contributed by atoms with E-state index in [1.54, 1.807) is 13.8 Å². The van der Waals surface area contributed by atoms with Crippen molar-refractivity contribution in [1.29, 1.82) is 0 Å². The fourth-order valence-corrected chi connectivity index (χ4v) is 1.51. The molecular formula is C11H15F3N2O2. The van der Waals surface area contributed by atoms with Crippen LogP contribution in [0.1, 0.15) is 43.5 Å². The van der Waals surface area contributed by atoms with Crippen LogP contribution in [-0.4, -0.2) is 21.7 Å². The molecule has 0 bridgehead atoms. The summed E-state index contributed by atoms with van der Waals surface area (Å²) >= 11 is 0. The lowest BCUT2D eigenvalue weighted by molar-refractivity contribution is -0.142. The van der Waals surface area contributed by atoms with Crippen LogP contribution < -0.4 is 0 Å². The minimum absolute atomic E-state index is 0.0103. The monoisotopic (exact) mass is 264 g/mol. The molecule has 0 amide bonds. The normalized spacial score (nSPS) is 13.7. The molecule has 0 aromatic carbocycles. The van der Waals surface area contributed by atoms with Crippen LogP contribution in [0.2, 0.25) is 0 Å². The van der Waals surface area contributed by atoms with E-state index in [0.717, 1.165) is 6.20 Å². The van der Waals surface area contributed by atoms with Gasteiger partial charge in [-0.3, -0.25) is 0 Å². The fourth-order valence-electron chi connectivity index (χ4n) is 1.51. The highest BCUT2D eigenvalue weighted by Crippen LogP contribution is 2.31. The number of aliphatic hydroxyl groups excluding tert-OH is 1. The van der Waals surface area contributed by atoms with E-state index < -0.39 is 24.6 Å². The molecule has 0 fully saturated rings. The zero-order valence-electron chi connectivity index (χ0n) is 10.2. The van der Waals surface area contributed by atoms with Gasteiger partial charge in [0.25, 0.3) is 0 Å². The second kappa shape index (κ2) is 6.10. The summed E-state index contributed by atoms with van der Waals surface area (Å²) < 4.78 is 43.4. The minimum Gasteiger partial charge on any atom is -0.392 e. The lowest BCUT2D eigenvalue weighted by Gasteiger charge is -2.16. The smallest absolute Gasteiger partial charge is 0.392 e. The van der Waals surface area contributed by atoms with Crippen molar-refractivity contribution in [2.75, 3.05) is 6.61 Å². The summed E-state index contributed by atoms with van der Waals surface area (Å²) in [6.45, 7) is 3.14. The van der Waals surface area contributed by atoms with Gasteiger partial charge in [-0.25, -0.2) is 9.97 Å². The van der Waals surface area contributed by atoms with E-state index in [0.29, 0.717) is 13.0 Å². The predicted molar refractivity (Wildman–Crippen MR) is 57.6 cm³/mol. The molecule has 0 saturated carbocycles. The Morgan fingerprint density at radius 1 is 1.39 bits per heavy atom. The first-order valence-corrected chi connectivity index (χ1v) is 5.59. The Bertz CT molecular complexity index is 396. The maximum atomic E-state index is 12.7. The lowest BCUT2D eigenvalue weighted by atomic mass is 10.2. The van der Waals surface area contributed by atoms with Crippen molar-refractivity contribution >= 4 is 0 Å². The van der Waals surface area contributed by atoms with Crippen LogP contribution in [0.25, 0.3) is 0 Å². The minimum atomic E-state index is -4.61. The molecule has 1 unspecified atom stereocenters. The van der Waals surface area contributed by atoms with E-state index in [1.165, 1.54) is 0 Å². The molecule has 1 heterocycles. The molecule has 1 atom stereocenters. The Labute approximate surface area is 103 Å². The van der Waals surface area contributed by atoms with Gasteiger partial charge in [0, 0.05) is 18.4 Å². The summed E-state index contributed by atoms with van der Waals surface area (Å²) in [5.74, 6) is -0.0103. The number of hydrogen-bond acceptors (Lipinski definition) is 4. The third-order valence-electron chi connectivity index (χ3n) is 2.35. The van der Waals surface area contributed by atoms with Gasteiger partial charge in [-0.2, -0.15) is 13.2 Å². The van der Waals surface area contributed by atoms with Gasteiger partial charge in [0.1, 0.15) is 6.10 Å². The molecular weight excluding hydrogens is 249 g/mol. The molecule has 1 rings (SSSR count). The largest absolute Gasteiger partial charge is 0.433 e. The third kappa shape index (κ3) is 3.39. The van der Waals surface area contributed by atoms with E-state index in [-0.39, 0.29) is 11.4 Å². The predicted octanol–water partition coefficient (Wildman–Crippen LogP) is 2.48. The Morgan fingerprint density at radius 3 is 2.50 bits per heavy atom. The molecule has 0 aliphatic heterocycles. The van der Waals surface area contributed by atoms with E-state index >= 15 is 0 Å². The van der Waals surface area contributed by atoms with E-state index in [1.807, 2.05) is 0 Å². The van der Waals surface area contributed by atoms with E-state index in [9.17, 15) is 13.2 Å². The van der Waals surface area contributed by atoms with Gasteiger partial charge >= 0.3 is 6.18 Å². The molecule has 102 valence electrons. The third-order valence-corrected chi connectivity index (χ3v) is 2.35. The number of hydrogen-bond donors (Lipinski definition) is 1. The Balaban J connectivity index is 3.17. The van der Waals surface area contributed by atoms with Crippen molar-refractivity contribution in [2.45, 2.75) is 39.2 Å². The van der Waals surface area contributed by atoms with E-state index in [2.05, 4.69) is 9.97 Å². The van der Waals surface area contributed by atoms with Crippen molar-refractivity contribution < 1.29 is 23.0 Å². The number of nitrogens with zero attached hydrogens (tertiary/aromatic N) is 2. The lowest BCUT2D eigenvalue weighted by Crippen LogP contribution is -2.17. The van der Waals surface area contributed by atoms with Gasteiger partial charge in [-0.05, 0) is 13.3 Å². The molecule has 4 nitrogen and oxygen atoms in total. The van der Waals surface area contributed by atoms with E-state index in [4.69, 9.17) is 9.84 Å². The first kappa shape index (κ1) is 14.8. The Hall–Kier alpha value is -1.21. The van der Waals surface area contributed by atoms with Gasteiger partial charge in [0.05, 0.1) is 6.61 Å². The van der Waals surface area contributed by atoms with Crippen molar-refractivity contribution in [1.82, 2.24) is 9.97 Å². The number of rotatable bonds is 5. The second-order valence-electron chi connectivity index (χ2n) is 3.61. The zero-order chi connectivity index (χ0) is 13.8. The van der Waals surface area contributed by atoms with Crippen LogP contribution in [0.5, 0.6) is 0 Å². The molecule has 0 aliphatic rings.